The lowest BCUT2D eigenvalue weighted by atomic mass is 10.1. The molecule has 0 aliphatic carbocycles. The number of rotatable bonds is 4. The third-order valence-corrected chi connectivity index (χ3v) is 3.65. The molecule has 0 N–H and O–H groups in total. The first kappa shape index (κ1) is 15.7. The molecule has 0 amide bonds. The molecule has 4 aromatic rings. The van der Waals surface area contributed by atoms with Gasteiger partial charge in [0.15, 0.2) is 0 Å². The molecule has 6 heteroatoms. The van der Waals surface area contributed by atoms with Gasteiger partial charge < -0.3 is 18.3 Å². The number of carbonyl (C=O) groups excluding carboxylic acids is 2. The third-order valence-electron chi connectivity index (χ3n) is 3.65. The van der Waals surface area contributed by atoms with E-state index in [-0.39, 0.29) is 11.5 Å². The summed E-state index contributed by atoms with van der Waals surface area (Å²) in [4.78, 5) is 23.9. The van der Waals surface area contributed by atoms with Crippen molar-refractivity contribution in [2.75, 3.05) is 0 Å². The molecule has 4 rings (SSSR count). The molecule has 0 saturated heterocycles. The topological polar surface area (TPSA) is 78.9 Å². The molecule has 2 heterocycles. The second-order valence-electron chi connectivity index (χ2n) is 5.40. The zero-order chi connectivity index (χ0) is 17.9. The van der Waals surface area contributed by atoms with Gasteiger partial charge in [-0.2, -0.15) is 0 Å². The van der Waals surface area contributed by atoms with Crippen LogP contribution in [-0.4, -0.2) is 11.9 Å². The Morgan fingerprint density at radius 1 is 0.654 bits per heavy atom. The van der Waals surface area contributed by atoms with Crippen molar-refractivity contribution in [2.24, 2.45) is 0 Å². The summed E-state index contributed by atoms with van der Waals surface area (Å²) in [5, 5.41) is 1.65. The highest BCUT2D eigenvalue weighted by molar-refractivity contribution is 5.91. The van der Waals surface area contributed by atoms with Crippen molar-refractivity contribution < 1.29 is 27.9 Å². The fourth-order valence-corrected chi connectivity index (χ4v) is 2.43. The van der Waals surface area contributed by atoms with Gasteiger partial charge in [0.2, 0.25) is 11.5 Å². The highest BCUT2D eigenvalue weighted by Crippen LogP contribution is 2.26. The summed E-state index contributed by atoms with van der Waals surface area (Å²) in [5.74, 6) is -0.233. The van der Waals surface area contributed by atoms with Crippen LogP contribution in [0.15, 0.2) is 82.0 Å². The average Bonchev–Trinajstić information content (AvgIpc) is 3.35. The van der Waals surface area contributed by atoms with E-state index >= 15 is 0 Å². The molecule has 0 fully saturated rings. The lowest BCUT2D eigenvalue weighted by Gasteiger charge is -2.07. The molecule has 128 valence electrons. The predicted octanol–water partition coefficient (Wildman–Crippen LogP) is 4.46. The zero-order valence-corrected chi connectivity index (χ0v) is 13.4. The summed E-state index contributed by atoms with van der Waals surface area (Å²) >= 11 is 0. The minimum atomic E-state index is -0.588. The Morgan fingerprint density at radius 3 is 1.58 bits per heavy atom. The molecule has 0 unspecified atom stereocenters. The average molecular weight is 348 g/mol. The molecule has 0 spiro atoms. The maximum Gasteiger partial charge on any atom is 0.379 e. The predicted molar refractivity (Wildman–Crippen MR) is 91.3 cm³/mol. The van der Waals surface area contributed by atoms with Gasteiger partial charge in [0.25, 0.3) is 0 Å². The smallest absolute Gasteiger partial charge is 0.379 e. The summed E-state index contributed by atoms with van der Waals surface area (Å²) in [5.41, 5.74) is 0. The van der Waals surface area contributed by atoms with Crippen molar-refractivity contribution in [2.45, 2.75) is 0 Å². The molecule has 0 radical (unpaired) electrons. The molecular formula is C20H12O6. The first-order valence-corrected chi connectivity index (χ1v) is 7.74. The summed E-state index contributed by atoms with van der Waals surface area (Å²) < 4.78 is 20.6. The van der Waals surface area contributed by atoms with Gasteiger partial charge >= 0.3 is 11.9 Å². The molecule has 0 atom stereocenters. The third kappa shape index (κ3) is 3.21. The highest BCUT2D eigenvalue weighted by atomic mass is 16.6. The quantitative estimate of drug-likeness (QED) is 0.400. The summed E-state index contributed by atoms with van der Waals surface area (Å²) in [7, 11) is 0. The largest absolute Gasteiger partial charge is 0.457 e. The van der Waals surface area contributed by atoms with E-state index in [1.807, 2.05) is 0 Å². The van der Waals surface area contributed by atoms with Crippen LogP contribution in [0.3, 0.4) is 0 Å². The van der Waals surface area contributed by atoms with Crippen molar-refractivity contribution in [3.05, 3.63) is 84.7 Å². The Morgan fingerprint density at radius 2 is 1.15 bits per heavy atom. The first-order chi connectivity index (χ1) is 12.7. The van der Waals surface area contributed by atoms with Crippen LogP contribution in [-0.2, 0) is 0 Å². The van der Waals surface area contributed by atoms with E-state index < -0.39 is 11.9 Å². The molecule has 2 aromatic carbocycles. The monoisotopic (exact) mass is 348 g/mol. The Kier molecular flexibility index (Phi) is 3.99. The van der Waals surface area contributed by atoms with Gasteiger partial charge in [-0.3, -0.25) is 0 Å². The zero-order valence-electron chi connectivity index (χ0n) is 13.4. The van der Waals surface area contributed by atoms with E-state index in [0.29, 0.717) is 11.5 Å². The van der Waals surface area contributed by atoms with Gasteiger partial charge in [-0.05, 0) is 59.3 Å². The highest BCUT2D eigenvalue weighted by Gasteiger charge is 2.13. The van der Waals surface area contributed by atoms with E-state index in [2.05, 4.69) is 0 Å². The molecule has 0 saturated carbocycles. The van der Waals surface area contributed by atoms with Gasteiger partial charge in [0.1, 0.15) is 11.5 Å². The fourth-order valence-electron chi connectivity index (χ4n) is 2.43. The minimum Gasteiger partial charge on any atom is -0.457 e. The second-order valence-corrected chi connectivity index (χ2v) is 5.40. The molecule has 2 aromatic heterocycles. The van der Waals surface area contributed by atoms with Gasteiger partial charge in [-0.15, -0.1) is 0 Å². The number of esters is 2. The molecule has 26 heavy (non-hydrogen) atoms. The van der Waals surface area contributed by atoms with Crippen LogP contribution in [0.25, 0.3) is 10.8 Å². The molecule has 0 aliphatic heterocycles. The normalized spacial score (nSPS) is 10.6. The van der Waals surface area contributed by atoms with E-state index in [9.17, 15) is 9.59 Å². The van der Waals surface area contributed by atoms with Crippen LogP contribution in [0, 0.1) is 0 Å². The summed E-state index contributed by atoms with van der Waals surface area (Å²) in [6.45, 7) is 0. The van der Waals surface area contributed by atoms with Crippen molar-refractivity contribution in [3.8, 4) is 11.5 Å². The Bertz CT molecular complexity index is 978. The number of furan rings is 2. The van der Waals surface area contributed by atoms with Gasteiger partial charge in [-0.1, -0.05) is 12.1 Å². The molecule has 6 nitrogen and oxygen atoms in total. The van der Waals surface area contributed by atoms with Crippen LogP contribution < -0.4 is 9.47 Å². The van der Waals surface area contributed by atoms with Gasteiger partial charge in [0, 0.05) is 0 Å². The van der Waals surface area contributed by atoms with E-state index in [0.717, 1.165) is 10.8 Å². The first-order valence-electron chi connectivity index (χ1n) is 7.74. The number of ether oxygens (including phenoxy) is 2. The number of carbonyl (C=O) groups is 2. The van der Waals surface area contributed by atoms with Gasteiger partial charge in [-0.25, -0.2) is 9.59 Å². The number of fused-ring (bicyclic) bond motifs is 1. The van der Waals surface area contributed by atoms with E-state index in [1.165, 1.54) is 24.7 Å². The number of benzene rings is 2. The fraction of sp³-hybridized carbons (Fsp3) is 0. The standard InChI is InChI=1S/C20H12O6/c21-19(17-3-1-9-23-17)25-15-7-5-13-6-8-16(12-14(13)11-15)26-20(22)18-4-2-10-24-18/h1-12H. The lowest BCUT2D eigenvalue weighted by Crippen LogP contribution is -2.07. The lowest BCUT2D eigenvalue weighted by molar-refractivity contribution is 0.0693. The maximum atomic E-state index is 12.0. The van der Waals surface area contributed by atoms with Crippen LogP contribution in [0.2, 0.25) is 0 Å². The minimum absolute atomic E-state index is 0.117. The summed E-state index contributed by atoms with van der Waals surface area (Å²) in [6.07, 6.45) is 2.80. The van der Waals surface area contributed by atoms with Crippen LogP contribution >= 0.6 is 0 Å². The Balaban J connectivity index is 1.56. The van der Waals surface area contributed by atoms with Crippen molar-refractivity contribution in [1.82, 2.24) is 0 Å². The van der Waals surface area contributed by atoms with E-state index in [1.54, 1.807) is 48.5 Å². The van der Waals surface area contributed by atoms with Crippen molar-refractivity contribution in [1.29, 1.82) is 0 Å². The van der Waals surface area contributed by atoms with Crippen molar-refractivity contribution >= 4 is 22.7 Å². The van der Waals surface area contributed by atoms with Crippen LogP contribution in [0.4, 0.5) is 0 Å². The summed E-state index contributed by atoms with van der Waals surface area (Å²) in [6, 6.07) is 16.6. The maximum absolute atomic E-state index is 12.0. The second kappa shape index (κ2) is 6.60. The Hall–Kier alpha value is -3.80. The van der Waals surface area contributed by atoms with Crippen LogP contribution in [0.5, 0.6) is 11.5 Å². The van der Waals surface area contributed by atoms with Crippen LogP contribution in [0.1, 0.15) is 21.1 Å². The van der Waals surface area contributed by atoms with Gasteiger partial charge in [0.05, 0.1) is 12.5 Å². The van der Waals surface area contributed by atoms with Crippen molar-refractivity contribution in [3.63, 3.8) is 0 Å². The number of hydrogen-bond donors (Lipinski definition) is 0. The number of hydrogen-bond acceptors (Lipinski definition) is 6. The van der Waals surface area contributed by atoms with E-state index in [4.69, 9.17) is 18.3 Å². The molecule has 0 aliphatic rings. The molecular weight excluding hydrogens is 336 g/mol. The molecule has 0 bridgehead atoms. The SMILES string of the molecule is O=C(Oc1ccc2ccc(OC(=O)c3ccco3)cc2c1)c1ccco1. The Labute approximate surface area is 147 Å².